The van der Waals surface area contributed by atoms with Crippen molar-refractivity contribution in [1.82, 2.24) is 30.1 Å². The van der Waals surface area contributed by atoms with Crippen LogP contribution in [-0.2, 0) is 4.74 Å². The lowest BCUT2D eigenvalue weighted by molar-refractivity contribution is 0.0980. The molecule has 2 amide bonds. The van der Waals surface area contributed by atoms with Gasteiger partial charge in [0.2, 0.25) is 5.95 Å². The van der Waals surface area contributed by atoms with Gasteiger partial charge in [0.25, 0.3) is 0 Å². The molecule has 13 nitrogen and oxygen atoms in total. The van der Waals surface area contributed by atoms with Crippen LogP contribution in [0.2, 0.25) is 0 Å². The van der Waals surface area contributed by atoms with Crippen molar-refractivity contribution < 1.29 is 19.0 Å². The number of aliphatic imine (C=N–C) groups is 1. The largest absolute Gasteiger partial charge is 0.492 e. The summed E-state index contributed by atoms with van der Waals surface area (Å²) in [5.74, 6) is 2.52. The number of urea groups is 1. The first kappa shape index (κ1) is 36.6. The molecule has 13 heteroatoms. The number of hydrogen-bond donors (Lipinski definition) is 3. The number of pyridine rings is 1. The summed E-state index contributed by atoms with van der Waals surface area (Å²) in [5, 5.41) is 15.0. The third-order valence-corrected chi connectivity index (χ3v) is 9.28. The molecule has 3 heterocycles. The van der Waals surface area contributed by atoms with Crippen molar-refractivity contribution in [3.05, 3.63) is 89.8 Å². The Bertz CT molecular complexity index is 1910. The number of nitrogens with two attached hydrogens (primary N) is 1. The summed E-state index contributed by atoms with van der Waals surface area (Å²) in [4.78, 5) is 22.7. The molecule has 4 N–H and O–H groups in total. The fraction of sp³-hybridized carbons (Fsp3) is 0.436. The number of aromatic nitrogens is 3. The van der Waals surface area contributed by atoms with Gasteiger partial charge in [0.05, 0.1) is 37.2 Å². The number of carbonyl (C=O) groups is 1. The highest BCUT2D eigenvalue weighted by Crippen LogP contribution is 2.39. The van der Waals surface area contributed by atoms with Crippen LogP contribution in [0.4, 0.5) is 16.4 Å². The summed E-state index contributed by atoms with van der Waals surface area (Å²) in [5.41, 5.74) is 10.1. The molecule has 1 aliphatic heterocycles. The molecule has 52 heavy (non-hydrogen) atoms. The zero-order valence-corrected chi connectivity index (χ0v) is 31.0. The fourth-order valence-corrected chi connectivity index (χ4v) is 6.23. The molecule has 1 fully saturated rings. The van der Waals surface area contributed by atoms with E-state index in [1.165, 1.54) is 0 Å². The van der Waals surface area contributed by atoms with Gasteiger partial charge >= 0.3 is 6.03 Å². The van der Waals surface area contributed by atoms with E-state index in [-0.39, 0.29) is 29.6 Å². The summed E-state index contributed by atoms with van der Waals surface area (Å²) < 4.78 is 20.2. The Labute approximate surface area is 305 Å². The lowest BCUT2D eigenvalue weighted by Crippen LogP contribution is -2.44. The zero-order chi connectivity index (χ0) is 36.8. The number of hydrogen-bond acceptors (Lipinski definition) is 10. The van der Waals surface area contributed by atoms with Gasteiger partial charge in [-0.25, -0.2) is 9.79 Å². The Kier molecular flexibility index (Phi) is 11.3. The van der Waals surface area contributed by atoms with Crippen molar-refractivity contribution in [2.45, 2.75) is 58.7 Å². The molecule has 3 atom stereocenters. The molecule has 4 aromatic rings. The van der Waals surface area contributed by atoms with Crippen LogP contribution in [0, 0.1) is 5.41 Å². The number of carbonyl (C=O) groups excluding carboxylic acids is 1. The van der Waals surface area contributed by atoms with Gasteiger partial charge in [0.1, 0.15) is 30.0 Å². The second-order valence-electron chi connectivity index (χ2n) is 14.7. The van der Waals surface area contributed by atoms with Crippen LogP contribution in [0.1, 0.15) is 63.8 Å². The van der Waals surface area contributed by atoms with Crippen LogP contribution in [0.5, 0.6) is 11.5 Å². The highest BCUT2D eigenvalue weighted by Gasteiger charge is 2.30. The van der Waals surface area contributed by atoms with Crippen LogP contribution in [0.3, 0.4) is 0 Å². The maximum atomic E-state index is 13.6. The van der Waals surface area contributed by atoms with Gasteiger partial charge in [-0.15, -0.1) is 10.2 Å². The number of anilines is 1. The number of benzene rings is 2. The molecule has 1 aliphatic carbocycles. The number of likely N-dealkylation sites (N-methyl/N-ethyl adjacent to an activating group) is 1. The van der Waals surface area contributed by atoms with Crippen molar-refractivity contribution in [3.63, 3.8) is 0 Å². The molecule has 0 radical (unpaired) electrons. The van der Waals surface area contributed by atoms with Crippen LogP contribution in [-0.4, -0.2) is 84.4 Å². The molecule has 1 saturated heterocycles. The molecular weight excluding hydrogens is 658 g/mol. The van der Waals surface area contributed by atoms with Crippen LogP contribution < -0.4 is 30.7 Å². The van der Waals surface area contributed by atoms with Crippen molar-refractivity contribution in [2.24, 2.45) is 16.1 Å². The van der Waals surface area contributed by atoms with E-state index in [1.807, 2.05) is 100 Å². The molecule has 0 spiro atoms. The Morgan fingerprint density at radius 1 is 1.08 bits per heavy atom. The Hall–Kier alpha value is -5.14. The smallest absolute Gasteiger partial charge is 0.320 e. The predicted octanol–water partition coefficient (Wildman–Crippen LogP) is 5.77. The fourth-order valence-electron chi connectivity index (χ4n) is 6.23. The van der Waals surface area contributed by atoms with Gasteiger partial charge in [-0.05, 0) is 69.3 Å². The normalized spacial score (nSPS) is 19.8. The average Bonchev–Trinajstić information content (AvgIpc) is 3.52. The predicted molar refractivity (Wildman–Crippen MR) is 203 cm³/mol. The quantitative estimate of drug-likeness (QED) is 0.138. The average molecular weight is 710 g/mol. The first-order chi connectivity index (χ1) is 24.9. The van der Waals surface area contributed by atoms with Crippen molar-refractivity contribution in [3.8, 4) is 11.5 Å². The number of nitrogens with one attached hydrogen (secondary N) is 2. The summed E-state index contributed by atoms with van der Waals surface area (Å²) in [6, 6.07) is 19.0. The van der Waals surface area contributed by atoms with Gasteiger partial charge in [-0.2, -0.15) is 0 Å². The van der Waals surface area contributed by atoms with E-state index in [0.717, 1.165) is 41.6 Å². The first-order valence-electron chi connectivity index (χ1n) is 17.9. The minimum Gasteiger partial charge on any atom is -0.492 e. The molecule has 0 bridgehead atoms. The van der Waals surface area contributed by atoms with E-state index in [2.05, 4.69) is 43.6 Å². The zero-order valence-electron chi connectivity index (χ0n) is 31.0. The first-order valence-corrected chi connectivity index (χ1v) is 17.9. The minimum absolute atomic E-state index is 0.190. The second-order valence-corrected chi connectivity index (χ2v) is 14.7. The number of amides is 2. The Morgan fingerprint density at radius 3 is 2.65 bits per heavy atom. The summed E-state index contributed by atoms with van der Waals surface area (Å²) in [6.45, 7) is 11.6. The molecule has 2 aliphatic rings. The number of fused-ring (bicyclic) bond motifs is 2. The summed E-state index contributed by atoms with van der Waals surface area (Å²) >= 11 is 0. The molecular formula is C39H51N9O4. The number of nitrogens with zero attached hydrogens (tertiary/aromatic N) is 6. The third kappa shape index (κ3) is 9.01. The topological polar surface area (TPSA) is 144 Å². The van der Waals surface area contributed by atoms with E-state index in [9.17, 15) is 4.79 Å². The molecule has 2 aromatic heterocycles. The van der Waals surface area contributed by atoms with Crippen LogP contribution in [0.15, 0.2) is 83.6 Å². The number of rotatable bonds is 10. The van der Waals surface area contributed by atoms with Gasteiger partial charge < -0.3 is 35.1 Å². The molecule has 2 aromatic carbocycles. The number of allylic oxidation sites excluding steroid dienone is 1. The summed E-state index contributed by atoms with van der Waals surface area (Å²) in [7, 11) is 4.00. The molecule has 0 unspecified atom stereocenters. The highest BCUT2D eigenvalue weighted by molar-refractivity contribution is 6.05. The maximum absolute atomic E-state index is 13.6. The Balaban J connectivity index is 1.17. The van der Waals surface area contributed by atoms with Crippen molar-refractivity contribution in [1.29, 1.82) is 0 Å². The van der Waals surface area contributed by atoms with Gasteiger partial charge in [0.15, 0.2) is 5.65 Å². The molecule has 0 saturated carbocycles. The molecule has 276 valence electrons. The Morgan fingerprint density at radius 2 is 1.88 bits per heavy atom. The monoisotopic (exact) mass is 709 g/mol. The number of morpholine rings is 1. The lowest BCUT2D eigenvalue weighted by atomic mass is 9.85. The number of amidine groups is 1. The van der Waals surface area contributed by atoms with Gasteiger partial charge in [0, 0.05) is 36.3 Å². The van der Waals surface area contributed by atoms with E-state index in [0.29, 0.717) is 55.6 Å². The minimum atomic E-state index is -0.378. The number of ether oxygens (including phenoxy) is 3. The third-order valence-electron chi connectivity index (χ3n) is 9.28. The molecule has 6 rings (SSSR count). The van der Waals surface area contributed by atoms with Gasteiger partial charge in [-0.1, -0.05) is 51.1 Å². The summed E-state index contributed by atoms with van der Waals surface area (Å²) in [6.07, 6.45) is 4.86. The van der Waals surface area contributed by atoms with E-state index in [4.69, 9.17) is 24.9 Å². The highest BCUT2D eigenvalue weighted by atomic mass is 16.5. The lowest BCUT2D eigenvalue weighted by Gasteiger charge is -2.33. The van der Waals surface area contributed by atoms with Crippen LogP contribution >= 0.6 is 0 Å². The SMILES string of the molecule is C[C@H]1COCCN1c1nnc2ccc(O[C@@H]3CC[C@H](NC(=O)NC(/C=C(\N)C(C)(C)C)=Nc4cccc(OCCN(C)C)c4)c4ccccc43)cn12. The standard InChI is InChI=1S/C39H51N9O4/c1-26-25-50-20-19-47(26)38-45-44-36-17-14-29(24-48(36)38)52-33-16-15-32(30-12-7-8-13-31(30)33)42-37(49)43-35(23-34(40)39(2,3)4)41-27-10-9-11-28(22-27)51-21-18-46(5)6/h7-14,17,22-24,26,32-33H,15-16,18-21,25,40H2,1-6H3,(H2,41,42,43,49)/b34-23-/t26-,32-,33+/m0/s1. The van der Waals surface area contributed by atoms with E-state index >= 15 is 0 Å². The van der Waals surface area contributed by atoms with Gasteiger partial charge in [-0.3, -0.25) is 9.72 Å². The second kappa shape index (κ2) is 16.0. The van der Waals surface area contributed by atoms with Crippen molar-refractivity contribution >= 4 is 29.1 Å². The van der Waals surface area contributed by atoms with E-state index < -0.39 is 0 Å². The maximum Gasteiger partial charge on any atom is 0.320 e. The van der Waals surface area contributed by atoms with E-state index in [1.54, 1.807) is 6.08 Å². The van der Waals surface area contributed by atoms with Crippen LogP contribution in [0.25, 0.3) is 5.65 Å². The van der Waals surface area contributed by atoms with Crippen molar-refractivity contribution in [2.75, 3.05) is 51.9 Å².